The van der Waals surface area contributed by atoms with Crippen molar-refractivity contribution in [3.8, 4) is 5.75 Å². The van der Waals surface area contributed by atoms with Gasteiger partial charge in [-0.1, -0.05) is 12.1 Å². The molecule has 0 saturated carbocycles. The molecule has 5 heteroatoms. The summed E-state index contributed by atoms with van der Waals surface area (Å²) < 4.78 is 4.92. The van der Waals surface area contributed by atoms with Crippen molar-refractivity contribution in [1.82, 2.24) is 5.32 Å². The van der Waals surface area contributed by atoms with Crippen molar-refractivity contribution in [1.29, 1.82) is 0 Å². The average molecular weight is 249 g/mol. The Morgan fingerprint density at radius 1 is 1.56 bits per heavy atom. The van der Waals surface area contributed by atoms with Crippen molar-refractivity contribution in [2.24, 2.45) is 5.92 Å². The van der Waals surface area contributed by atoms with Gasteiger partial charge in [0.15, 0.2) is 0 Å². The molecule has 1 saturated heterocycles. The first-order valence-corrected chi connectivity index (χ1v) is 5.86. The third-order valence-electron chi connectivity index (χ3n) is 3.02. The highest BCUT2D eigenvalue weighted by atomic mass is 16.5. The molecule has 2 atom stereocenters. The van der Waals surface area contributed by atoms with Gasteiger partial charge in [-0.25, -0.2) is 0 Å². The Bertz CT molecular complexity index is 472. The van der Waals surface area contributed by atoms with Crippen LogP contribution in [0.4, 0.5) is 0 Å². The minimum absolute atomic E-state index is 0.120. The lowest BCUT2D eigenvalue weighted by Gasteiger charge is -2.15. The SMILES string of the molecule is CCOC(=O)C1C(=O)NCC1c1cccc(O)c1. The highest BCUT2D eigenvalue weighted by molar-refractivity contribution is 6.00. The smallest absolute Gasteiger partial charge is 0.319 e. The van der Waals surface area contributed by atoms with Crippen LogP contribution in [0.15, 0.2) is 24.3 Å². The summed E-state index contributed by atoms with van der Waals surface area (Å²) in [5.74, 6) is -1.83. The fourth-order valence-electron chi connectivity index (χ4n) is 2.19. The number of ether oxygens (including phenoxy) is 1. The van der Waals surface area contributed by atoms with E-state index in [-0.39, 0.29) is 24.2 Å². The van der Waals surface area contributed by atoms with Crippen LogP contribution in [0.3, 0.4) is 0 Å². The van der Waals surface area contributed by atoms with E-state index in [1.807, 2.05) is 0 Å². The number of hydrogen-bond donors (Lipinski definition) is 2. The molecular weight excluding hydrogens is 234 g/mol. The van der Waals surface area contributed by atoms with Crippen LogP contribution in [0.5, 0.6) is 5.75 Å². The molecule has 96 valence electrons. The number of hydrogen-bond acceptors (Lipinski definition) is 4. The molecule has 2 N–H and O–H groups in total. The molecule has 1 aromatic carbocycles. The maximum absolute atomic E-state index is 11.8. The predicted octanol–water partition coefficient (Wildman–Crippen LogP) is 0.785. The molecule has 0 radical (unpaired) electrons. The Balaban J connectivity index is 2.26. The number of rotatable bonds is 3. The lowest BCUT2D eigenvalue weighted by Crippen LogP contribution is -2.28. The van der Waals surface area contributed by atoms with Crippen LogP contribution < -0.4 is 5.32 Å². The molecule has 0 spiro atoms. The second-order valence-electron chi connectivity index (χ2n) is 4.18. The summed E-state index contributed by atoms with van der Waals surface area (Å²) in [5.41, 5.74) is 0.756. The molecule has 0 bridgehead atoms. The molecule has 1 amide bonds. The number of aromatic hydroxyl groups is 1. The largest absolute Gasteiger partial charge is 0.508 e. The Kier molecular flexibility index (Phi) is 3.50. The maximum atomic E-state index is 11.8. The predicted molar refractivity (Wildman–Crippen MR) is 64.0 cm³/mol. The van der Waals surface area contributed by atoms with Gasteiger partial charge in [0.1, 0.15) is 11.7 Å². The lowest BCUT2D eigenvalue weighted by atomic mass is 9.88. The minimum Gasteiger partial charge on any atom is -0.508 e. The maximum Gasteiger partial charge on any atom is 0.319 e. The van der Waals surface area contributed by atoms with E-state index in [1.54, 1.807) is 31.2 Å². The quantitative estimate of drug-likeness (QED) is 0.613. The highest BCUT2D eigenvalue weighted by Crippen LogP contribution is 2.31. The molecule has 5 nitrogen and oxygen atoms in total. The third-order valence-corrected chi connectivity index (χ3v) is 3.02. The summed E-state index contributed by atoms with van der Waals surface area (Å²) >= 11 is 0. The standard InChI is InChI=1S/C13H15NO4/c1-2-18-13(17)11-10(7-14-12(11)16)8-4-3-5-9(15)6-8/h3-6,10-11,15H,2,7H2,1H3,(H,14,16). The van der Waals surface area contributed by atoms with E-state index in [0.29, 0.717) is 6.54 Å². The second-order valence-corrected chi connectivity index (χ2v) is 4.18. The zero-order chi connectivity index (χ0) is 13.1. The molecule has 1 fully saturated rings. The number of phenols is 1. The number of nitrogens with one attached hydrogen (secondary N) is 1. The Morgan fingerprint density at radius 2 is 2.33 bits per heavy atom. The van der Waals surface area contributed by atoms with Gasteiger partial charge < -0.3 is 15.2 Å². The Labute approximate surface area is 105 Å². The van der Waals surface area contributed by atoms with E-state index in [9.17, 15) is 14.7 Å². The monoisotopic (exact) mass is 249 g/mol. The molecule has 1 aliphatic rings. The first kappa shape index (κ1) is 12.4. The van der Waals surface area contributed by atoms with Crippen molar-refractivity contribution >= 4 is 11.9 Å². The number of amides is 1. The van der Waals surface area contributed by atoms with Crippen LogP contribution in [0.2, 0.25) is 0 Å². The summed E-state index contributed by atoms with van der Waals surface area (Å²) in [6.07, 6.45) is 0. The van der Waals surface area contributed by atoms with Gasteiger partial charge in [0.25, 0.3) is 0 Å². The highest BCUT2D eigenvalue weighted by Gasteiger charge is 2.42. The van der Waals surface area contributed by atoms with Gasteiger partial charge in [0.2, 0.25) is 5.91 Å². The van der Waals surface area contributed by atoms with Gasteiger partial charge in [-0.05, 0) is 24.6 Å². The summed E-state index contributed by atoms with van der Waals surface area (Å²) in [6.45, 7) is 2.33. The molecule has 2 unspecified atom stereocenters. The van der Waals surface area contributed by atoms with E-state index < -0.39 is 11.9 Å². The van der Waals surface area contributed by atoms with Crippen LogP contribution >= 0.6 is 0 Å². The normalized spacial score (nSPS) is 22.6. The van der Waals surface area contributed by atoms with E-state index in [4.69, 9.17) is 4.74 Å². The Morgan fingerprint density at radius 3 is 3.00 bits per heavy atom. The van der Waals surface area contributed by atoms with Gasteiger partial charge in [0, 0.05) is 12.5 Å². The summed E-state index contributed by atoms with van der Waals surface area (Å²) in [5, 5.41) is 12.1. The van der Waals surface area contributed by atoms with Crippen LogP contribution in [0, 0.1) is 5.92 Å². The van der Waals surface area contributed by atoms with Crippen LogP contribution in [0.25, 0.3) is 0 Å². The molecule has 1 aliphatic heterocycles. The fraction of sp³-hybridized carbons (Fsp3) is 0.385. The average Bonchev–Trinajstić information content (AvgIpc) is 2.71. The molecule has 0 aliphatic carbocycles. The van der Waals surface area contributed by atoms with Crippen molar-refractivity contribution in [3.63, 3.8) is 0 Å². The third kappa shape index (κ3) is 2.30. The topological polar surface area (TPSA) is 75.6 Å². The van der Waals surface area contributed by atoms with Gasteiger partial charge in [-0.3, -0.25) is 9.59 Å². The first-order valence-electron chi connectivity index (χ1n) is 5.86. The first-order chi connectivity index (χ1) is 8.63. The van der Waals surface area contributed by atoms with Crippen LogP contribution in [0.1, 0.15) is 18.4 Å². The lowest BCUT2D eigenvalue weighted by molar-refractivity contribution is -0.151. The zero-order valence-electron chi connectivity index (χ0n) is 10.1. The van der Waals surface area contributed by atoms with Crippen molar-refractivity contribution < 1.29 is 19.4 Å². The number of esters is 1. The summed E-state index contributed by atoms with van der Waals surface area (Å²) in [4.78, 5) is 23.5. The van der Waals surface area contributed by atoms with Crippen LogP contribution in [-0.4, -0.2) is 30.1 Å². The second kappa shape index (κ2) is 5.08. The van der Waals surface area contributed by atoms with Gasteiger partial charge in [0.05, 0.1) is 6.61 Å². The van der Waals surface area contributed by atoms with E-state index >= 15 is 0 Å². The Hall–Kier alpha value is -2.04. The summed E-state index contributed by atoms with van der Waals surface area (Å²) in [6, 6.07) is 6.59. The minimum atomic E-state index is -0.827. The van der Waals surface area contributed by atoms with Crippen molar-refractivity contribution in [2.45, 2.75) is 12.8 Å². The molecular formula is C13H15NO4. The van der Waals surface area contributed by atoms with E-state index in [1.165, 1.54) is 0 Å². The van der Waals surface area contributed by atoms with Gasteiger partial charge in [-0.15, -0.1) is 0 Å². The van der Waals surface area contributed by atoms with Crippen LogP contribution in [-0.2, 0) is 14.3 Å². The van der Waals surface area contributed by atoms with Crippen molar-refractivity contribution in [2.75, 3.05) is 13.2 Å². The summed E-state index contributed by atoms with van der Waals surface area (Å²) in [7, 11) is 0. The molecule has 1 aromatic rings. The van der Waals surface area contributed by atoms with Crippen molar-refractivity contribution in [3.05, 3.63) is 29.8 Å². The molecule has 1 heterocycles. The fourth-order valence-corrected chi connectivity index (χ4v) is 2.19. The van der Waals surface area contributed by atoms with Gasteiger partial charge >= 0.3 is 5.97 Å². The number of carbonyl (C=O) groups is 2. The van der Waals surface area contributed by atoms with E-state index in [0.717, 1.165) is 5.56 Å². The number of carbonyl (C=O) groups excluding carboxylic acids is 2. The van der Waals surface area contributed by atoms with E-state index in [2.05, 4.69) is 5.32 Å². The van der Waals surface area contributed by atoms with Gasteiger partial charge in [-0.2, -0.15) is 0 Å². The number of benzene rings is 1. The molecule has 18 heavy (non-hydrogen) atoms. The molecule has 0 aromatic heterocycles. The number of phenolic OH excluding ortho intramolecular Hbond substituents is 1. The zero-order valence-corrected chi connectivity index (χ0v) is 10.1. The molecule has 2 rings (SSSR count).